The van der Waals surface area contributed by atoms with Gasteiger partial charge in [-0.3, -0.25) is 9.59 Å². The van der Waals surface area contributed by atoms with E-state index in [-0.39, 0.29) is 29.0 Å². The highest BCUT2D eigenvalue weighted by Crippen LogP contribution is 2.53. The maximum absolute atomic E-state index is 13.9. The van der Waals surface area contributed by atoms with Gasteiger partial charge in [0.2, 0.25) is 11.8 Å². The van der Waals surface area contributed by atoms with Gasteiger partial charge in [0.05, 0.1) is 0 Å². The summed E-state index contributed by atoms with van der Waals surface area (Å²) in [6.45, 7) is 3.32. The molecule has 1 fully saturated rings. The summed E-state index contributed by atoms with van der Waals surface area (Å²) in [7, 11) is 3.54. The maximum Gasteiger partial charge on any atom is 0.222 e. The van der Waals surface area contributed by atoms with E-state index < -0.39 is 0 Å². The van der Waals surface area contributed by atoms with Gasteiger partial charge in [-0.15, -0.1) is 0 Å². The molecule has 0 aromatic heterocycles. The molecule has 0 unspecified atom stereocenters. The third-order valence-electron chi connectivity index (χ3n) is 5.96. The Morgan fingerprint density at radius 3 is 2.56 bits per heavy atom. The fourth-order valence-corrected chi connectivity index (χ4v) is 4.49. The topological polar surface area (TPSA) is 40.6 Å². The lowest BCUT2D eigenvalue weighted by molar-refractivity contribution is -0.132. The number of piperidine rings is 1. The summed E-state index contributed by atoms with van der Waals surface area (Å²) in [5, 5.41) is 0. The molecule has 1 heterocycles. The van der Waals surface area contributed by atoms with Crippen LogP contribution < -0.4 is 0 Å². The zero-order valence-corrected chi connectivity index (χ0v) is 15.3. The molecule has 3 rings (SSSR count). The SMILES string of the molecule is CCC(=O)N1CCC2(CC1)C[C@H](CC(=O)N(C)C)c1ccc(F)cc12. The Hall–Kier alpha value is -1.91. The second-order valence-corrected chi connectivity index (χ2v) is 7.64. The molecule has 1 atom stereocenters. The number of likely N-dealkylation sites (tertiary alicyclic amines) is 1. The van der Waals surface area contributed by atoms with E-state index in [0.717, 1.165) is 43.5 Å². The molecule has 1 aliphatic heterocycles. The Kier molecular flexibility index (Phi) is 4.85. The minimum atomic E-state index is -0.218. The van der Waals surface area contributed by atoms with E-state index in [1.54, 1.807) is 25.1 Å². The lowest BCUT2D eigenvalue weighted by Gasteiger charge is -2.40. The number of rotatable bonds is 3. The van der Waals surface area contributed by atoms with Crippen molar-refractivity contribution in [1.82, 2.24) is 9.80 Å². The van der Waals surface area contributed by atoms with Crippen molar-refractivity contribution in [2.75, 3.05) is 27.2 Å². The molecular weight excluding hydrogens is 319 g/mol. The van der Waals surface area contributed by atoms with Crippen molar-refractivity contribution in [3.05, 3.63) is 35.1 Å². The Bertz CT molecular complexity index is 678. The molecule has 1 saturated heterocycles. The van der Waals surface area contributed by atoms with Gasteiger partial charge >= 0.3 is 0 Å². The highest BCUT2D eigenvalue weighted by atomic mass is 19.1. The fourth-order valence-electron chi connectivity index (χ4n) is 4.49. The third kappa shape index (κ3) is 3.29. The number of hydrogen-bond acceptors (Lipinski definition) is 2. The van der Waals surface area contributed by atoms with Gasteiger partial charge in [-0.1, -0.05) is 13.0 Å². The minimum absolute atomic E-state index is 0.0980. The number of amides is 2. The van der Waals surface area contributed by atoms with Crippen LogP contribution in [0.2, 0.25) is 0 Å². The van der Waals surface area contributed by atoms with Crippen molar-refractivity contribution in [2.45, 2.75) is 50.4 Å². The molecule has 2 amide bonds. The third-order valence-corrected chi connectivity index (χ3v) is 5.96. The van der Waals surface area contributed by atoms with Gasteiger partial charge in [0.1, 0.15) is 5.82 Å². The molecule has 4 nitrogen and oxygen atoms in total. The van der Waals surface area contributed by atoms with E-state index in [4.69, 9.17) is 0 Å². The van der Waals surface area contributed by atoms with E-state index in [9.17, 15) is 14.0 Å². The molecule has 0 bridgehead atoms. The molecule has 1 aromatic carbocycles. The van der Waals surface area contributed by atoms with Crippen LogP contribution in [0, 0.1) is 5.82 Å². The number of halogens is 1. The van der Waals surface area contributed by atoms with Crippen LogP contribution in [0.15, 0.2) is 18.2 Å². The first-order valence-corrected chi connectivity index (χ1v) is 9.14. The summed E-state index contributed by atoms with van der Waals surface area (Å²) in [6.07, 6.45) is 3.56. The van der Waals surface area contributed by atoms with Crippen molar-refractivity contribution < 1.29 is 14.0 Å². The lowest BCUT2D eigenvalue weighted by Crippen LogP contribution is -2.44. The van der Waals surface area contributed by atoms with Crippen LogP contribution in [0.3, 0.4) is 0 Å². The van der Waals surface area contributed by atoms with Crippen LogP contribution in [0.25, 0.3) is 0 Å². The van der Waals surface area contributed by atoms with E-state index in [1.165, 1.54) is 6.07 Å². The number of benzene rings is 1. The largest absolute Gasteiger partial charge is 0.349 e. The van der Waals surface area contributed by atoms with E-state index >= 15 is 0 Å². The summed E-state index contributed by atoms with van der Waals surface area (Å²) in [6, 6.07) is 5.02. The van der Waals surface area contributed by atoms with Gasteiger partial charge in [0.15, 0.2) is 0 Å². The highest BCUT2D eigenvalue weighted by molar-refractivity contribution is 5.77. The van der Waals surface area contributed by atoms with Gasteiger partial charge in [-0.25, -0.2) is 4.39 Å². The molecule has 1 spiro atoms. The summed E-state index contributed by atoms with van der Waals surface area (Å²) in [5.74, 6) is 0.214. The van der Waals surface area contributed by atoms with E-state index in [2.05, 4.69) is 0 Å². The molecular formula is C20H27FN2O2. The zero-order valence-electron chi connectivity index (χ0n) is 15.3. The standard InChI is InChI=1S/C20H27FN2O2/c1-4-18(24)23-9-7-20(8-10-23)13-14(11-19(25)22(2)3)16-6-5-15(21)12-17(16)20/h5-6,12,14H,4,7-11,13H2,1-3H3/t14-/m0/s1. The van der Waals surface area contributed by atoms with Gasteiger partial charge in [-0.05, 0) is 53.9 Å². The summed E-state index contributed by atoms with van der Waals surface area (Å²) >= 11 is 0. The van der Waals surface area contributed by atoms with Crippen LogP contribution in [0.4, 0.5) is 4.39 Å². The van der Waals surface area contributed by atoms with Gasteiger partial charge in [0.25, 0.3) is 0 Å². The van der Waals surface area contributed by atoms with E-state index in [0.29, 0.717) is 12.8 Å². The molecule has 0 N–H and O–H groups in total. The summed E-state index contributed by atoms with van der Waals surface area (Å²) in [4.78, 5) is 27.7. The monoisotopic (exact) mass is 346 g/mol. The predicted molar refractivity (Wildman–Crippen MR) is 94.9 cm³/mol. The van der Waals surface area contributed by atoms with Crippen molar-refractivity contribution in [3.63, 3.8) is 0 Å². The van der Waals surface area contributed by atoms with Gasteiger partial charge < -0.3 is 9.80 Å². The van der Waals surface area contributed by atoms with Gasteiger partial charge in [0, 0.05) is 40.0 Å². The average Bonchev–Trinajstić information content (AvgIpc) is 2.87. The lowest BCUT2D eigenvalue weighted by atomic mass is 9.73. The Balaban J connectivity index is 1.86. The van der Waals surface area contributed by atoms with Crippen LogP contribution in [-0.4, -0.2) is 48.8 Å². The Morgan fingerprint density at radius 1 is 1.28 bits per heavy atom. The van der Waals surface area contributed by atoms with Crippen molar-refractivity contribution >= 4 is 11.8 Å². The first-order valence-electron chi connectivity index (χ1n) is 9.14. The quantitative estimate of drug-likeness (QED) is 0.844. The van der Waals surface area contributed by atoms with Crippen LogP contribution in [0.1, 0.15) is 56.1 Å². The second kappa shape index (κ2) is 6.77. The average molecular weight is 346 g/mol. The molecule has 0 saturated carbocycles. The van der Waals surface area contributed by atoms with Crippen molar-refractivity contribution in [3.8, 4) is 0 Å². The highest BCUT2D eigenvalue weighted by Gasteiger charge is 2.46. The molecule has 2 aliphatic rings. The number of hydrogen-bond donors (Lipinski definition) is 0. The van der Waals surface area contributed by atoms with Crippen molar-refractivity contribution in [1.29, 1.82) is 0 Å². The predicted octanol–water partition coefficient (Wildman–Crippen LogP) is 3.06. The molecule has 0 radical (unpaired) electrons. The first kappa shape index (κ1) is 17.9. The zero-order chi connectivity index (χ0) is 18.2. The van der Waals surface area contributed by atoms with Gasteiger partial charge in [-0.2, -0.15) is 0 Å². The fraction of sp³-hybridized carbons (Fsp3) is 0.600. The van der Waals surface area contributed by atoms with Crippen molar-refractivity contribution in [2.24, 2.45) is 0 Å². The number of carbonyl (C=O) groups excluding carboxylic acids is 2. The molecule has 5 heteroatoms. The van der Waals surface area contributed by atoms with E-state index in [1.807, 2.05) is 17.9 Å². The Morgan fingerprint density at radius 2 is 1.96 bits per heavy atom. The smallest absolute Gasteiger partial charge is 0.222 e. The van der Waals surface area contributed by atoms with Crippen LogP contribution in [-0.2, 0) is 15.0 Å². The number of nitrogens with zero attached hydrogens (tertiary/aromatic N) is 2. The number of carbonyl (C=O) groups is 2. The molecule has 136 valence electrons. The normalized spacial score (nSPS) is 21.3. The Labute approximate surface area is 149 Å². The molecule has 1 aromatic rings. The first-order chi connectivity index (χ1) is 11.9. The molecule has 25 heavy (non-hydrogen) atoms. The second-order valence-electron chi connectivity index (χ2n) is 7.64. The number of fused-ring (bicyclic) bond motifs is 2. The minimum Gasteiger partial charge on any atom is -0.349 e. The summed E-state index contributed by atoms with van der Waals surface area (Å²) in [5.41, 5.74) is 2.08. The van der Waals surface area contributed by atoms with Crippen LogP contribution >= 0.6 is 0 Å². The maximum atomic E-state index is 13.9. The summed E-state index contributed by atoms with van der Waals surface area (Å²) < 4.78 is 13.9. The van der Waals surface area contributed by atoms with Crippen LogP contribution in [0.5, 0.6) is 0 Å². The molecule has 1 aliphatic carbocycles.